The molecule has 114 valence electrons. The van der Waals surface area contributed by atoms with Crippen molar-refractivity contribution in [3.63, 3.8) is 0 Å². The van der Waals surface area contributed by atoms with Crippen LogP contribution in [0.25, 0.3) is 6.08 Å². The topological polar surface area (TPSA) is 81.8 Å². The van der Waals surface area contributed by atoms with Crippen LogP contribution in [-0.2, 0) is 9.53 Å². The molecular weight excluding hydrogens is 320 g/mol. The molecule has 0 spiro atoms. The molecule has 0 amide bonds. The minimum absolute atomic E-state index is 0.0650. The molecule has 3 rings (SSSR count). The number of ether oxygens (including phenoxy) is 1. The predicted octanol–water partition coefficient (Wildman–Crippen LogP) is 3.59. The van der Waals surface area contributed by atoms with Crippen LogP contribution < -0.4 is 0 Å². The summed E-state index contributed by atoms with van der Waals surface area (Å²) in [6, 6.07) is 12.7. The number of aliphatic imine (C=N–C) groups is 1. The van der Waals surface area contributed by atoms with Gasteiger partial charge in [0.25, 0.3) is 5.69 Å². The van der Waals surface area contributed by atoms with Gasteiger partial charge in [0.1, 0.15) is 0 Å². The molecule has 0 atom stereocenters. The van der Waals surface area contributed by atoms with Gasteiger partial charge in [0.05, 0.1) is 4.92 Å². The number of hydrogen-bond acceptors (Lipinski definition) is 5. The first kappa shape index (κ1) is 14.9. The van der Waals surface area contributed by atoms with Gasteiger partial charge in [-0.25, -0.2) is 9.79 Å². The first-order chi connectivity index (χ1) is 11.0. The third kappa shape index (κ3) is 3.27. The number of nitro benzene ring substituents is 1. The lowest BCUT2D eigenvalue weighted by molar-refractivity contribution is -0.384. The molecular formula is C16H9ClN2O4. The fourth-order valence-corrected chi connectivity index (χ4v) is 2.23. The molecule has 2 aromatic carbocycles. The van der Waals surface area contributed by atoms with Gasteiger partial charge in [-0.1, -0.05) is 29.8 Å². The van der Waals surface area contributed by atoms with Gasteiger partial charge in [0, 0.05) is 22.7 Å². The number of benzene rings is 2. The molecule has 0 radical (unpaired) electrons. The standard InChI is InChI=1S/C16H9ClN2O4/c17-12-5-2-4-11(9-12)15-18-14(16(20)23-15)8-10-3-1-6-13(7-10)19(21)22/h1-9H. The van der Waals surface area contributed by atoms with Crippen molar-refractivity contribution in [2.45, 2.75) is 0 Å². The Morgan fingerprint density at radius 2 is 1.96 bits per heavy atom. The Kier molecular flexibility index (Phi) is 3.91. The van der Waals surface area contributed by atoms with Crippen molar-refractivity contribution >= 4 is 35.2 Å². The molecule has 0 bridgehead atoms. The average Bonchev–Trinajstić information content (AvgIpc) is 2.89. The zero-order chi connectivity index (χ0) is 16.4. The molecule has 1 aliphatic rings. The fourth-order valence-electron chi connectivity index (χ4n) is 2.04. The van der Waals surface area contributed by atoms with Crippen LogP contribution in [0.2, 0.25) is 5.02 Å². The molecule has 0 fully saturated rings. The van der Waals surface area contributed by atoms with Crippen molar-refractivity contribution < 1.29 is 14.5 Å². The molecule has 23 heavy (non-hydrogen) atoms. The van der Waals surface area contributed by atoms with Crippen LogP contribution in [-0.4, -0.2) is 16.8 Å². The Bertz CT molecular complexity index is 874. The monoisotopic (exact) mass is 328 g/mol. The van der Waals surface area contributed by atoms with Crippen molar-refractivity contribution in [3.05, 3.63) is 80.5 Å². The summed E-state index contributed by atoms with van der Waals surface area (Å²) >= 11 is 5.90. The van der Waals surface area contributed by atoms with E-state index in [1.807, 2.05) is 0 Å². The summed E-state index contributed by atoms with van der Waals surface area (Å²) in [5, 5.41) is 11.3. The molecule has 0 unspecified atom stereocenters. The Labute approximate surface area is 135 Å². The second-order valence-electron chi connectivity index (χ2n) is 4.70. The van der Waals surface area contributed by atoms with E-state index < -0.39 is 10.9 Å². The first-order valence-electron chi connectivity index (χ1n) is 6.56. The van der Waals surface area contributed by atoms with Gasteiger partial charge in [0.2, 0.25) is 5.90 Å². The number of rotatable bonds is 3. The van der Waals surface area contributed by atoms with E-state index in [4.69, 9.17) is 16.3 Å². The summed E-state index contributed by atoms with van der Waals surface area (Å²) in [5.41, 5.74) is 1.07. The molecule has 6 nitrogen and oxygen atoms in total. The highest BCUT2D eigenvalue weighted by molar-refractivity contribution is 6.31. The normalized spacial score (nSPS) is 15.4. The average molecular weight is 329 g/mol. The number of non-ortho nitro benzene ring substituents is 1. The van der Waals surface area contributed by atoms with Gasteiger partial charge >= 0.3 is 5.97 Å². The van der Waals surface area contributed by atoms with Gasteiger partial charge in [-0.05, 0) is 29.8 Å². The van der Waals surface area contributed by atoms with Crippen LogP contribution in [0.3, 0.4) is 0 Å². The third-order valence-electron chi connectivity index (χ3n) is 3.08. The van der Waals surface area contributed by atoms with E-state index in [-0.39, 0.29) is 17.3 Å². The van der Waals surface area contributed by atoms with Crippen LogP contribution in [0.15, 0.2) is 59.2 Å². The lowest BCUT2D eigenvalue weighted by Crippen LogP contribution is -2.05. The zero-order valence-corrected chi connectivity index (χ0v) is 12.4. The highest BCUT2D eigenvalue weighted by Gasteiger charge is 2.24. The van der Waals surface area contributed by atoms with Crippen LogP contribution in [0.1, 0.15) is 11.1 Å². The minimum atomic E-state index is -0.619. The van der Waals surface area contributed by atoms with Crippen molar-refractivity contribution in [2.75, 3.05) is 0 Å². The lowest BCUT2D eigenvalue weighted by Gasteiger charge is -1.98. The molecule has 0 aliphatic carbocycles. The van der Waals surface area contributed by atoms with Crippen molar-refractivity contribution in [1.82, 2.24) is 0 Å². The lowest BCUT2D eigenvalue weighted by atomic mass is 10.1. The third-order valence-corrected chi connectivity index (χ3v) is 3.31. The van der Waals surface area contributed by atoms with Crippen molar-refractivity contribution in [2.24, 2.45) is 4.99 Å². The molecule has 2 aromatic rings. The van der Waals surface area contributed by atoms with Crippen LogP contribution in [0.5, 0.6) is 0 Å². The molecule has 7 heteroatoms. The number of esters is 1. The van der Waals surface area contributed by atoms with Crippen molar-refractivity contribution in [1.29, 1.82) is 0 Å². The molecule has 1 heterocycles. The van der Waals surface area contributed by atoms with E-state index in [1.54, 1.807) is 30.3 Å². The van der Waals surface area contributed by atoms with E-state index in [1.165, 1.54) is 24.3 Å². The Morgan fingerprint density at radius 3 is 2.70 bits per heavy atom. The number of nitrogens with zero attached hydrogens (tertiary/aromatic N) is 2. The molecule has 1 aliphatic heterocycles. The highest BCUT2D eigenvalue weighted by Crippen LogP contribution is 2.22. The maximum Gasteiger partial charge on any atom is 0.363 e. The summed E-state index contributed by atoms with van der Waals surface area (Å²) in [6.07, 6.45) is 1.44. The largest absolute Gasteiger partial charge is 0.402 e. The van der Waals surface area contributed by atoms with Crippen LogP contribution in [0.4, 0.5) is 5.69 Å². The second kappa shape index (κ2) is 6.02. The van der Waals surface area contributed by atoms with Crippen LogP contribution in [0, 0.1) is 10.1 Å². The van der Waals surface area contributed by atoms with Gasteiger partial charge in [-0.15, -0.1) is 0 Å². The Morgan fingerprint density at radius 1 is 1.17 bits per heavy atom. The number of cyclic esters (lactones) is 1. The minimum Gasteiger partial charge on any atom is -0.402 e. The number of carbonyl (C=O) groups excluding carboxylic acids is 1. The van der Waals surface area contributed by atoms with Gasteiger partial charge in [-0.3, -0.25) is 10.1 Å². The maximum atomic E-state index is 11.9. The summed E-state index contributed by atoms with van der Waals surface area (Å²) in [6.45, 7) is 0. The van der Waals surface area contributed by atoms with Crippen molar-refractivity contribution in [3.8, 4) is 0 Å². The number of hydrogen-bond donors (Lipinski definition) is 0. The Balaban J connectivity index is 1.95. The zero-order valence-electron chi connectivity index (χ0n) is 11.6. The van der Waals surface area contributed by atoms with E-state index in [2.05, 4.69) is 4.99 Å². The predicted molar refractivity (Wildman–Crippen MR) is 85.2 cm³/mol. The van der Waals surface area contributed by atoms with E-state index >= 15 is 0 Å². The molecule has 0 saturated heterocycles. The molecule has 0 N–H and O–H groups in total. The van der Waals surface area contributed by atoms with E-state index in [9.17, 15) is 14.9 Å². The molecule has 0 aromatic heterocycles. The van der Waals surface area contributed by atoms with Crippen LogP contribution >= 0.6 is 11.6 Å². The smallest absolute Gasteiger partial charge is 0.363 e. The number of halogens is 1. The molecule has 0 saturated carbocycles. The van der Waals surface area contributed by atoms with E-state index in [0.717, 1.165) is 0 Å². The highest BCUT2D eigenvalue weighted by atomic mass is 35.5. The quantitative estimate of drug-likeness (QED) is 0.373. The summed E-state index contributed by atoms with van der Waals surface area (Å²) in [4.78, 5) is 26.3. The van der Waals surface area contributed by atoms with E-state index in [0.29, 0.717) is 16.1 Å². The SMILES string of the molecule is O=C1OC(c2cccc(Cl)c2)=NC1=Cc1cccc([N+](=O)[O-])c1. The first-order valence-corrected chi connectivity index (χ1v) is 6.94. The second-order valence-corrected chi connectivity index (χ2v) is 5.13. The summed E-state index contributed by atoms with van der Waals surface area (Å²) in [7, 11) is 0. The summed E-state index contributed by atoms with van der Waals surface area (Å²) < 4.78 is 5.12. The van der Waals surface area contributed by atoms with Gasteiger partial charge in [0.15, 0.2) is 5.70 Å². The maximum absolute atomic E-state index is 11.9. The number of nitro groups is 1. The summed E-state index contributed by atoms with van der Waals surface area (Å²) in [5.74, 6) is -0.472. The fraction of sp³-hybridized carbons (Fsp3) is 0. The van der Waals surface area contributed by atoms with Gasteiger partial charge < -0.3 is 4.74 Å². The Hall–Kier alpha value is -2.99. The van der Waals surface area contributed by atoms with Gasteiger partial charge in [-0.2, -0.15) is 0 Å². The number of carbonyl (C=O) groups is 1.